The van der Waals surface area contributed by atoms with Gasteiger partial charge in [0, 0.05) is 18.8 Å². The summed E-state index contributed by atoms with van der Waals surface area (Å²) in [5, 5.41) is 9.19. The van der Waals surface area contributed by atoms with Crippen LogP contribution in [0.25, 0.3) is 0 Å². The van der Waals surface area contributed by atoms with Gasteiger partial charge in [-0.25, -0.2) is 4.79 Å². The lowest BCUT2D eigenvalue weighted by molar-refractivity contribution is 0.0697. The van der Waals surface area contributed by atoms with Crippen LogP contribution in [0.1, 0.15) is 65.1 Å². The van der Waals surface area contributed by atoms with Crippen LogP contribution >= 0.6 is 0 Å². The Labute approximate surface area is 190 Å². The van der Waals surface area contributed by atoms with Crippen LogP contribution in [0.3, 0.4) is 0 Å². The van der Waals surface area contributed by atoms with E-state index in [0.717, 1.165) is 17.9 Å². The van der Waals surface area contributed by atoms with Gasteiger partial charge in [0.15, 0.2) is 0 Å². The third-order valence-electron chi connectivity index (χ3n) is 6.44. The summed E-state index contributed by atoms with van der Waals surface area (Å²) in [4.78, 5) is 13.5. The second-order valence-electron chi connectivity index (χ2n) is 8.63. The topological polar surface area (TPSA) is 49.8 Å². The lowest BCUT2D eigenvalue weighted by Crippen LogP contribution is -2.22. The molecule has 0 heterocycles. The molecule has 0 atom stereocenters. The number of ether oxygens (including phenoxy) is 1. The average molecular weight is 430 g/mol. The zero-order chi connectivity index (χ0) is 22.3. The first-order chi connectivity index (χ1) is 15.6. The van der Waals surface area contributed by atoms with Gasteiger partial charge in [0.2, 0.25) is 0 Å². The Hall–Kier alpha value is -3.27. The number of carbonyl (C=O) groups is 1. The van der Waals surface area contributed by atoms with Gasteiger partial charge in [-0.2, -0.15) is 0 Å². The van der Waals surface area contributed by atoms with Crippen molar-refractivity contribution in [1.29, 1.82) is 0 Å². The Morgan fingerprint density at radius 3 is 1.94 bits per heavy atom. The molecule has 0 bridgehead atoms. The Bertz CT molecular complexity index is 1000. The van der Waals surface area contributed by atoms with Gasteiger partial charge in [-0.3, -0.25) is 0 Å². The number of nitrogens with zero attached hydrogens (tertiary/aromatic N) is 1. The van der Waals surface area contributed by atoms with Crippen molar-refractivity contribution in [3.8, 4) is 5.75 Å². The van der Waals surface area contributed by atoms with E-state index in [-0.39, 0.29) is 0 Å². The van der Waals surface area contributed by atoms with Crippen molar-refractivity contribution in [2.75, 3.05) is 12.0 Å². The zero-order valence-corrected chi connectivity index (χ0v) is 18.7. The first kappa shape index (κ1) is 21.9. The molecule has 32 heavy (non-hydrogen) atoms. The summed E-state index contributed by atoms with van der Waals surface area (Å²) in [6, 6.07) is 24.4. The van der Waals surface area contributed by atoms with Crippen molar-refractivity contribution in [1.82, 2.24) is 0 Å². The summed E-state index contributed by atoms with van der Waals surface area (Å²) in [5.41, 5.74) is 5.21. The number of carboxylic acids is 1. The normalized spacial score (nSPS) is 14.2. The van der Waals surface area contributed by atoms with E-state index in [0.29, 0.717) is 18.0 Å². The van der Waals surface area contributed by atoms with E-state index in [1.165, 1.54) is 48.9 Å². The molecule has 1 N–H and O–H groups in total. The highest BCUT2D eigenvalue weighted by molar-refractivity contribution is 5.87. The van der Waals surface area contributed by atoms with E-state index in [1.54, 1.807) is 19.2 Å². The van der Waals surface area contributed by atoms with E-state index in [2.05, 4.69) is 41.3 Å². The van der Waals surface area contributed by atoms with Crippen LogP contribution in [0.15, 0.2) is 72.8 Å². The maximum atomic E-state index is 11.2. The summed E-state index contributed by atoms with van der Waals surface area (Å²) < 4.78 is 5.29. The van der Waals surface area contributed by atoms with Gasteiger partial charge in [-0.1, -0.05) is 55.7 Å². The van der Waals surface area contributed by atoms with Gasteiger partial charge in [-0.05, 0) is 71.8 Å². The van der Waals surface area contributed by atoms with E-state index < -0.39 is 5.97 Å². The molecule has 3 aromatic rings. The minimum absolute atomic E-state index is 0.312. The summed E-state index contributed by atoms with van der Waals surface area (Å²) in [7, 11) is 1.68. The molecule has 1 saturated carbocycles. The lowest BCUT2D eigenvalue weighted by Gasteiger charge is -2.27. The standard InChI is InChI=1S/C28H31NO3/c1-32-27-17-9-22(10-18-27)20-29(19-21-7-11-25(12-8-21)28(30)31)26-15-13-24(14-16-26)23-5-3-2-4-6-23/h7-18,23H,2-6,19-20H2,1H3,(H,30,31). The number of hydrogen-bond acceptors (Lipinski definition) is 3. The summed E-state index contributed by atoms with van der Waals surface area (Å²) in [6.45, 7) is 1.46. The number of benzene rings is 3. The number of anilines is 1. The second kappa shape index (κ2) is 10.4. The molecule has 0 radical (unpaired) electrons. The van der Waals surface area contributed by atoms with Gasteiger partial charge in [0.25, 0.3) is 0 Å². The van der Waals surface area contributed by atoms with Crippen molar-refractivity contribution in [2.24, 2.45) is 0 Å². The van der Waals surface area contributed by atoms with E-state index in [4.69, 9.17) is 4.74 Å². The molecule has 4 nitrogen and oxygen atoms in total. The number of hydrogen-bond donors (Lipinski definition) is 1. The molecule has 166 valence electrons. The van der Waals surface area contributed by atoms with E-state index in [1.807, 2.05) is 24.3 Å². The minimum atomic E-state index is -0.898. The molecule has 4 rings (SSSR count). The molecule has 4 heteroatoms. The van der Waals surface area contributed by atoms with Crippen molar-refractivity contribution in [3.05, 3.63) is 95.1 Å². The van der Waals surface area contributed by atoms with Crippen LogP contribution in [-0.2, 0) is 13.1 Å². The summed E-state index contributed by atoms with van der Waals surface area (Å²) in [5.74, 6) is 0.641. The Morgan fingerprint density at radius 2 is 1.41 bits per heavy atom. The number of rotatable bonds is 8. The van der Waals surface area contributed by atoms with Gasteiger partial charge in [-0.15, -0.1) is 0 Å². The molecular weight excluding hydrogens is 398 g/mol. The molecule has 0 unspecified atom stereocenters. The fraction of sp³-hybridized carbons (Fsp3) is 0.321. The molecule has 0 aliphatic heterocycles. The highest BCUT2D eigenvalue weighted by Crippen LogP contribution is 2.33. The average Bonchev–Trinajstić information content (AvgIpc) is 2.85. The fourth-order valence-corrected chi connectivity index (χ4v) is 4.56. The first-order valence-electron chi connectivity index (χ1n) is 11.4. The molecule has 1 aliphatic rings. The van der Waals surface area contributed by atoms with Crippen LogP contribution in [0, 0.1) is 0 Å². The third-order valence-corrected chi connectivity index (χ3v) is 6.44. The number of aromatic carboxylic acids is 1. The predicted octanol–water partition coefficient (Wildman–Crippen LogP) is 6.65. The molecule has 0 saturated heterocycles. The molecule has 3 aromatic carbocycles. The van der Waals surface area contributed by atoms with Gasteiger partial charge >= 0.3 is 5.97 Å². The van der Waals surface area contributed by atoms with Gasteiger partial charge < -0.3 is 14.7 Å². The summed E-state index contributed by atoms with van der Waals surface area (Å²) in [6.07, 6.45) is 6.63. The van der Waals surface area contributed by atoms with Crippen LogP contribution in [-0.4, -0.2) is 18.2 Å². The number of methoxy groups -OCH3 is 1. The van der Waals surface area contributed by atoms with Crippen LogP contribution in [0.2, 0.25) is 0 Å². The SMILES string of the molecule is COc1ccc(CN(Cc2ccc(C(=O)O)cc2)c2ccc(C3CCCCC3)cc2)cc1. The first-order valence-corrected chi connectivity index (χ1v) is 11.4. The predicted molar refractivity (Wildman–Crippen MR) is 129 cm³/mol. The molecule has 0 spiro atoms. The quantitative estimate of drug-likeness (QED) is 0.436. The van der Waals surface area contributed by atoms with Gasteiger partial charge in [0.05, 0.1) is 12.7 Å². The highest BCUT2D eigenvalue weighted by atomic mass is 16.5. The van der Waals surface area contributed by atoms with Crippen molar-refractivity contribution in [2.45, 2.75) is 51.1 Å². The zero-order valence-electron chi connectivity index (χ0n) is 18.7. The van der Waals surface area contributed by atoms with Crippen molar-refractivity contribution >= 4 is 11.7 Å². The Balaban J connectivity index is 1.56. The van der Waals surface area contributed by atoms with Gasteiger partial charge in [0.1, 0.15) is 5.75 Å². The smallest absolute Gasteiger partial charge is 0.335 e. The largest absolute Gasteiger partial charge is 0.497 e. The lowest BCUT2D eigenvalue weighted by atomic mass is 9.84. The van der Waals surface area contributed by atoms with Crippen LogP contribution in [0.5, 0.6) is 5.75 Å². The van der Waals surface area contributed by atoms with Crippen LogP contribution in [0.4, 0.5) is 5.69 Å². The molecule has 1 fully saturated rings. The maximum absolute atomic E-state index is 11.2. The second-order valence-corrected chi connectivity index (χ2v) is 8.63. The maximum Gasteiger partial charge on any atom is 0.335 e. The Morgan fingerprint density at radius 1 is 0.844 bits per heavy atom. The highest BCUT2D eigenvalue weighted by Gasteiger charge is 2.16. The number of carboxylic acid groups (broad SMARTS) is 1. The minimum Gasteiger partial charge on any atom is -0.497 e. The van der Waals surface area contributed by atoms with Crippen molar-refractivity contribution in [3.63, 3.8) is 0 Å². The third kappa shape index (κ3) is 5.50. The Kier molecular flexibility index (Phi) is 7.10. The fourth-order valence-electron chi connectivity index (χ4n) is 4.56. The molecular formula is C28H31NO3. The summed E-state index contributed by atoms with van der Waals surface area (Å²) >= 11 is 0. The molecule has 0 amide bonds. The molecule has 0 aromatic heterocycles. The van der Waals surface area contributed by atoms with Crippen LogP contribution < -0.4 is 9.64 Å². The van der Waals surface area contributed by atoms with E-state index in [9.17, 15) is 9.90 Å². The van der Waals surface area contributed by atoms with E-state index >= 15 is 0 Å². The monoisotopic (exact) mass is 429 g/mol. The van der Waals surface area contributed by atoms with Crippen molar-refractivity contribution < 1.29 is 14.6 Å². The molecule has 1 aliphatic carbocycles.